The highest BCUT2D eigenvalue weighted by Crippen LogP contribution is 2.14. The van der Waals surface area contributed by atoms with E-state index in [1.807, 2.05) is 50.2 Å². The van der Waals surface area contributed by atoms with Crippen LogP contribution in [0.3, 0.4) is 0 Å². The summed E-state index contributed by atoms with van der Waals surface area (Å²) in [5.74, 6) is 0. The van der Waals surface area contributed by atoms with E-state index in [-0.39, 0.29) is 11.9 Å². The standard InChI is InChI=1S/C13H16N2O2S/c1-10(2)18-12(8-14)15-13(16)17-9-11-6-4-3-5-7-11/h3-7,10,12H,9H2,1-2H3,(H,15,16). The third kappa shape index (κ3) is 5.60. The summed E-state index contributed by atoms with van der Waals surface area (Å²) in [5, 5.41) is 11.1. The number of nitrogens with one attached hydrogen (secondary N) is 1. The van der Waals surface area contributed by atoms with E-state index in [9.17, 15) is 4.79 Å². The van der Waals surface area contributed by atoms with Crippen molar-refractivity contribution in [2.75, 3.05) is 0 Å². The van der Waals surface area contributed by atoms with E-state index in [0.717, 1.165) is 5.56 Å². The van der Waals surface area contributed by atoms with Gasteiger partial charge in [0.2, 0.25) is 0 Å². The minimum Gasteiger partial charge on any atom is -0.445 e. The van der Waals surface area contributed by atoms with Gasteiger partial charge >= 0.3 is 6.09 Å². The van der Waals surface area contributed by atoms with E-state index in [2.05, 4.69) is 5.32 Å². The molecular formula is C13H16N2O2S. The van der Waals surface area contributed by atoms with Gasteiger partial charge in [0, 0.05) is 5.25 Å². The molecule has 1 aromatic rings. The molecule has 1 atom stereocenters. The molecule has 0 spiro atoms. The van der Waals surface area contributed by atoms with Crippen LogP contribution in [0.5, 0.6) is 0 Å². The molecule has 0 fully saturated rings. The van der Waals surface area contributed by atoms with Crippen molar-refractivity contribution in [3.8, 4) is 6.07 Å². The van der Waals surface area contributed by atoms with Gasteiger partial charge in [-0.15, -0.1) is 11.8 Å². The number of amides is 1. The first kappa shape index (κ1) is 14.4. The average Bonchev–Trinajstić information content (AvgIpc) is 2.36. The summed E-state index contributed by atoms with van der Waals surface area (Å²) in [7, 11) is 0. The summed E-state index contributed by atoms with van der Waals surface area (Å²) in [6, 6.07) is 11.4. The molecule has 0 saturated carbocycles. The largest absolute Gasteiger partial charge is 0.445 e. The van der Waals surface area contributed by atoms with Crippen LogP contribution < -0.4 is 5.32 Å². The maximum absolute atomic E-state index is 11.5. The lowest BCUT2D eigenvalue weighted by atomic mass is 10.2. The second-order valence-corrected chi connectivity index (χ2v) is 5.59. The lowest BCUT2D eigenvalue weighted by Crippen LogP contribution is -2.32. The monoisotopic (exact) mass is 264 g/mol. The highest BCUT2D eigenvalue weighted by atomic mass is 32.2. The molecule has 0 heterocycles. The number of carbonyl (C=O) groups is 1. The lowest BCUT2D eigenvalue weighted by Gasteiger charge is -2.13. The summed E-state index contributed by atoms with van der Waals surface area (Å²) < 4.78 is 5.03. The van der Waals surface area contributed by atoms with Crippen molar-refractivity contribution in [2.45, 2.75) is 31.1 Å². The van der Waals surface area contributed by atoms with Gasteiger partial charge in [-0.3, -0.25) is 5.32 Å². The second-order valence-electron chi connectivity index (χ2n) is 3.90. The van der Waals surface area contributed by atoms with Crippen molar-refractivity contribution < 1.29 is 9.53 Å². The molecule has 0 aromatic heterocycles. The van der Waals surface area contributed by atoms with Gasteiger partial charge in [-0.05, 0) is 5.56 Å². The fourth-order valence-electron chi connectivity index (χ4n) is 1.24. The third-order valence-electron chi connectivity index (χ3n) is 1.99. The number of hydrogen-bond donors (Lipinski definition) is 1. The zero-order valence-corrected chi connectivity index (χ0v) is 11.2. The summed E-state index contributed by atoms with van der Waals surface area (Å²) in [6.45, 7) is 4.13. The Morgan fingerprint density at radius 2 is 2.11 bits per heavy atom. The Bertz CT molecular complexity index is 415. The summed E-state index contributed by atoms with van der Waals surface area (Å²) in [4.78, 5) is 11.5. The molecule has 0 aliphatic heterocycles. The predicted octanol–water partition coefficient (Wildman–Crippen LogP) is 2.90. The molecule has 0 radical (unpaired) electrons. The summed E-state index contributed by atoms with van der Waals surface area (Å²) in [6.07, 6.45) is -0.571. The van der Waals surface area contributed by atoms with Crippen molar-refractivity contribution in [1.82, 2.24) is 5.32 Å². The second kappa shape index (κ2) is 7.62. The molecule has 0 aliphatic carbocycles. The van der Waals surface area contributed by atoms with E-state index in [0.29, 0.717) is 0 Å². The Balaban J connectivity index is 2.35. The highest BCUT2D eigenvalue weighted by Gasteiger charge is 2.14. The van der Waals surface area contributed by atoms with Crippen molar-refractivity contribution >= 4 is 17.9 Å². The number of carbonyl (C=O) groups excluding carboxylic acids is 1. The van der Waals surface area contributed by atoms with Gasteiger partial charge in [-0.2, -0.15) is 5.26 Å². The normalized spacial score (nSPS) is 11.7. The molecule has 5 heteroatoms. The van der Waals surface area contributed by atoms with Gasteiger partial charge in [-0.1, -0.05) is 44.2 Å². The van der Waals surface area contributed by atoms with Crippen LogP contribution in [0, 0.1) is 11.3 Å². The first-order valence-corrected chi connectivity index (χ1v) is 6.58. The van der Waals surface area contributed by atoms with Crippen molar-refractivity contribution in [3.63, 3.8) is 0 Å². The molecule has 1 N–H and O–H groups in total. The van der Waals surface area contributed by atoms with Crippen LogP contribution >= 0.6 is 11.8 Å². The number of hydrogen-bond acceptors (Lipinski definition) is 4. The SMILES string of the molecule is CC(C)SC(C#N)NC(=O)OCc1ccccc1. The van der Waals surface area contributed by atoms with Crippen molar-refractivity contribution in [2.24, 2.45) is 0 Å². The van der Waals surface area contributed by atoms with E-state index >= 15 is 0 Å². The Hall–Kier alpha value is -1.67. The van der Waals surface area contributed by atoms with Gasteiger partial charge in [0.1, 0.15) is 6.61 Å². The van der Waals surface area contributed by atoms with Crippen LogP contribution in [-0.4, -0.2) is 16.7 Å². The predicted molar refractivity (Wildman–Crippen MR) is 71.9 cm³/mol. The van der Waals surface area contributed by atoms with E-state index in [1.54, 1.807) is 0 Å². The van der Waals surface area contributed by atoms with Gasteiger partial charge in [0.05, 0.1) is 6.07 Å². The topological polar surface area (TPSA) is 62.1 Å². The fourth-order valence-corrected chi connectivity index (χ4v) is 2.01. The Morgan fingerprint density at radius 1 is 1.44 bits per heavy atom. The Morgan fingerprint density at radius 3 is 2.67 bits per heavy atom. The lowest BCUT2D eigenvalue weighted by molar-refractivity contribution is 0.140. The molecule has 96 valence electrons. The highest BCUT2D eigenvalue weighted by molar-refractivity contribution is 8.00. The number of nitrogens with zero attached hydrogens (tertiary/aromatic N) is 1. The van der Waals surface area contributed by atoms with Crippen LogP contribution in [0.4, 0.5) is 4.79 Å². The molecule has 1 aromatic carbocycles. The number of nitriles is 1. The number of thioether (sulfide) groups is 1. The van der Waals surface area contributed by atoms with Gasteiger partial charge in [0.15, 0.2) is 5.37 Å². The zero-order valence-electron chi connectivity index (χ0n) is 10.4. The van der Waals surface area contributed by atoms with Crippen LogP contribution in [0.25, 0.3) is 0 Å². The smallest absolute Gasteiger partial charge is 0.409 e. The molecule has 1 unspecified atom stereocenters. The number of ether oxygens (including phenoxy) is 1. The van der Waals surface area contributed by atoms with Gasteiger partial charge in [0.25, 0.3) is 0 Å². The molecule has 0 saturated heterocycles. The molecule has 0 bridgehead atoms. The van der Waals surface area contributed by atoms with Gasteiger partial charge in [-0.25, -0.2) is 4.79 Å². The van der Waals surface area contributed by atoms with Crippen molar-refractivity contribution in [3.05, 3.63) is 35.9 Å². The minimum atomic E-state index is -0.576. The first-order valence-electron chi connectivity index (χ1n) is 5.64. The van der Waals surface area contributed by atoms with Crippen LogP contribution in [0.1, 0.15) is 19.4 Å². The molecular weight excluding hydrogens is 248 g/mol. The maximum atomic E-state index is 11.5. The van der Waals surface area contributed by atoms with Crippen LogP contribution in [0.15, 0.2) is 30.3 Å². The number of alkyl carbamates (subject to hydrolysis) is 1. The Kier molecular flexibility index (Phi) is 6.09. The zero-order chi connectivity index (χ0) is 13.4. The van der Waals surface area contributed by atoms with E-state index in [4.69, 9.17) is 10.00 Å². The summed E-state index contributed by atoms with van der Waals surface area (Å²) >= 11 is 1.38. The molecule has 4 nitrogen and oxygen atoms in total. The number of rotatable bonds is 5. The van der Waals surface area contributed by atoms with Crippen LogP contribution in [-0.2, 0) is 11.3 Å². The third-order valence-corrected chi connectivity index (χ3v) is 3.03. The summed E-state index contributed by atoms with van der Waals surface area (Å²) in [5.41, 5.74) is 0.915. The fraction of sp³-hybridized carbons (Fsp3) is 0.385. The maximum Gasteiger partial charge on any atom is 0.409 e. The first-order chi connectivity index (χ1) is 8.61. The van der Waals surface area contributed by atoms with Crippen LogP contribution in [0.2, 0.25) is 0 Å². The Labute approximate surface area is 111 Å². The molecule has 1 amide bonds. The average molecular weight is 264 g/mol. The van der Waals surface area contributed by atoms with Gasteiger partial charge < -0.3 is 4.74 Å². The molecule has 1 rings (SSSR count). The van der Waals surface area contributed by atoms with E-state index < -0.39 is 11.5 Å². The number of benzene rings is 1. The molecule has 0 aliphatic rings. The minimum absolute atomic E-state index is 0.206. The quantitative estimate of drug-likeness (QED) is 0.831. The van der Waals surface area contributed by atoms with Crippen molar-refractivity contribution in [1.29, 1.82) is 5.26 Å². The molecule has 18 heavy (non-hydrogen) atoms. The van der Waals surface area contributed by atoms with E-state index in [1.165, 1.54) is 11.8 Å².